The van der Waals surface area contributed by atoms with Gasteiger partial charge in [-0.2, -0.15) is 0 Å². The van der Waals surface area contributed by atoms with Gasteiger partial charge in [-0.3, -0.25) is 9.55 Å². The summed E-state index contributed by atoms with van der Waals surface area (Å²) in [4.78, 5) is 27.6. The molecule has 0 saturated heterocycles. The molecule has 3 aromatic carbocycles. The summed E-state index contributed by atoms with van der Waals surface area (Å²) in [5.74, 6) is 0.791. The molecule has 6 aromatic rings. The van der Waals surface area contributed by atoms with Crippen molar-refractivity contribution in [2.24, 2.45) is 0 Å². The van der Waals surface area contributed by atoms with Crippen LogP contribution in [0.2, 0.25) is 0 Å². The van der Waals surface area contributed by atoms with Gasteiger partial charge in [0.1, 0.15) is 5.82 Å². The molecule has 2 N–H and O–H groups in total. The number of nitrogens with zero attached hydrogens (tertiary/aromatic N) is 3. The number of aromatic amines is 2. The molecule has 0 spiro atoms. The van der Waals surface area contributed by atoms with E-state index in [1.165, 1.54) is 5.56 Å². The Morgan fingerprint density at radius 1 is 0.742 bits per heavy atom. The molecule has 0 fully saturated rings. The maximum atomic E-state index is 12.4. The van der Waals surface area contributed by atoms with Crippen molar-refractivity contribution in [2.75, 3.05) is 0 Å². The Morgan fingerprint density at radius 2 is 1.55 bits per heavy atom. The second-order valence-electron chi connectivity index (χ2n) is 7.37. The molecule has 0 atom stereocenters. The first-order valence-corrected chi connectivity index (χ1v) is 9.98. The lowest BCUT2D eigenvalue weighted by molar-refractivity contribution is 1.02. The molecular formula is C25H17N5O. The van der Waals surface area contributed by atoms with Crippen molar-refractivity contribution in [3.05, 3.63) is 102 Å². The van der Waals surface area contributed by atoms with Crippen molar-refractivity contribution >= 4 is 22.2 Å². The number of nitrogens with one attached hydrogen (secondary N) is 2. The summed E-state index contributed by atoms with van der Waals surface area (Å²) in [6.45, 7) is 0. The molecule has 0 saturated carbocycles. The van der Waals surface area contributed by atoms with Gasteiger partial charge in [0.2, 0.25) is 0 Å². The molecule has 6 rings (SSSR count). The Labute approximate surface area is 176 Å². The molecule has 3 heterocycles. The highest BCUT2D eigenvalue weighted by molar-refractivity contribution is 5.84. The summed E-state index contributed by atoms with van der Waals surface area (Å²) in [6.07, 6.45) is 1.66. The second-order valence-corrected chi connectivity index (χ2v) is 7.37. The minimum absolute atomic E-state index is 0.210. The second kappa shape index (κ2) is 6.81. The molecule has 6 heteroatoms. The molecule has 0 bridgehead atoms. The van der Waals surface area contributed by atoms with Crippen molar-refractivity contribution in [2.45, 2.75) is 0 Å². The van der Waals surface area contributed by atoms with Crippen LogP contribution in [0.4, 0.5) is 0 Å². The monoisotopic (exact) mass is 403 g/mol. The standard InChI is InChI=1S/C25H17N5O/c31-25-29-24-22(7-4-14-26-24)30(25)19-11-8-17(9-12-19)23-27-20-13-10-18(15-21(20)28-23)16-5-2-1-3-6-16/h1-15H,(H,27,28)(H,26,29,31). The van der Waals surface area contributed by atoms with Crippen LogP contribution in [0.5, 0.6) is 0 Å². The van der Waals surface area contributed by atoms with Crippen molar-refractivity contribution in [1.82, 2.24) is 24.5 Å². The third-order valence-electron chi connectivity index (χ3n) is 5.44. The van der Waals surface area contributed by atoms with E-state index in [1.807, 2.05) is 60.7 Å². The van der Waals surface area contributed by atoms with Gasteiger partial charge in [0, 0.05) is 11.8 Å². The van der Waals surface area contributed by atoms with Crippen LogP contribution >= 0.6 is 0 Å². The van der Waals surface area contributed by atoms with Gasteiger partial charge in [-0.05, 0) is 59.7 Å². The van der Waals surface area contributed by atoms with E-state index in [9.17, 15) is 4.79 Å². The van der Waals surface area contributed by atoms with Crippen LogP contribution in [0.15, 0.2) is 95.9 Å². The maximum absolute atomic E-state index is 12.4. The molecule has 3 aromatic heterocycles. The lowest BCUT2D eigenvalue weighted by atomic mass is 10.1. The van der Waals surface area contributed by atoms with Crippen LogP contribution < -0.4 is 5.69 Å². The normalized spacial score (nSPS) is 11.4. The zero-order valence-electron chi connectivity index (χ0n) is 16.4. The number of fused-ring (bicyclic) bond motifs is 2. The number of hydrogen-bond acceptors (Lipinski definition) is 3. The number of pyridine rings is 1. The Kier molecular flexibility index (Phi) is 3.83. The summed E-state index contributed by atoms with van der Waals surface area (Å²) in [7, 11) is 0. The Bertz CT molecular complexity index is 1590. The zero-order chi connectivity index (χ0) is 20.8. The van der Waals surface area contributed by atoms with E-state index in [0.29, 0.717) is 5.65 Å². The Balaban J connectivity index is 1.38. The van der Waals surface area contributed by atoms with Gasteiger partial charge < -0.3 is 4.98 Å². The fraction of sp³-hybridized carbons (Fsp3) is 0. The van der Waals surface area contributed by atoms with Crippen molar-refractivity contribution in [3.63, 3.8) is 0 Å². The van der Waals surface area contributed by atoms with E-state index < -0.39 is 0 Å². The first kappa shape index (κ1) is 17.4. The van der Waals surface area contributed by atoms with Gasteiger partial charge in [-0.15, -0.1) is 0 Å². The number of benzene rings is 3. The SMILES string of the molecule is O=c1[nH]c2ncccc2n1-c1ccc(-c2nc3ccc(-c4ccccc4)cc3[nH]2)cc1. The van der Waals surface area contributed by atoms with E-state index in [-0.39, 0.29) is 5.69 Å². The summed E-state index contributed by atoms with van der Waals surface area (Å²) in [5.41, 5.74) is 7.05. The minimum atomic E-state index is -0.210. The summed E-state index contributed by atoms with van der Waals surface area (Å²) < 4.78 is 1.62. The van der Waals surface area contributed by atoms with Crippen LogP contribution in [0, 0.1) is 0 Å². The lowest BCUT2D eigenvalue weighted by Gasteiger charge is -2.04. The van der Waals surface area contributed by atoms with Gasteiger partial charge >= 0.3 is 5.69 Å². The minimum Gasteiger partial charge on any atom is -0.338 e. The van der Waals surface area contributed by atoms with Crippen LogP contribution in [-0.2, 0) is 0 Å². The quantitative estimate of drug-likeness (QED) is 0.440. The van der Waals surface area contributed by atoms with Crippen molar-refractivity contribution in [3.8, 4) is 28.2 Å². The van der Waals surface area contributed by atoms with Gasteiger partial charge in [0.05, 0.1) is 22.2 Å². The highest BCUT2D eigenvalue weighted by atomic mass is 16.1. The summed E-state index contributed by atoms with van der Waals surface area (Å²) in [5, 5.41) is 0. The molecule has 0 unspecified atom stereocenters. The maximum Gasteiger partial charge on any atom is 0.332 e. The lowest BCUT2D eigenvalue weighted by Crippen LogP contribution is -2.14. The number of H-pyrrole nitrogens is 2. The third-order valence-corrected chi connectivity index (χ3v) is 5.44. The van der Waals surface area contributed by atoms with Gasteiger partial charge in [-0.25, -0.2) is 14.8 Å². The smallest absolute Gasteiger partial charge is 0.332 e. The Hall–Kier alpha value is -4.45. The predicted octanol–water partition coefficient (Wildman–Crippen LogP) is 4.92. The molecule has 148 valence electrons. The largest absolute Gasteiger partial charge is 0.338 e. The van der Waals surface area contributed by atoms with E-state index in [0.717, 1.165) is 39.2 Å². The van der Waals surface area contributed by atoms with Crippen LogP contribution in [0.3, 0.4) is 0 Å². The number of imidazole rings is 2. The molecule has 0 radical (unpaired) electrons. The highest BCUT2D eigenvalue weighted by Gasteiger charge is 2.11. The van der Waals surface area contributed by atoms with E-state index in [1.54, 1.807) is 10.8 Å². The fourth-order valence-electron chi connectivity index (χ4n) is 3.92. The van der Waals surface area contributed by atoms with Crippen LogP contribution in [0.25, 0.3) is 50.4 Å². The van der Waals surface area contributed by atoms with Crippen LogP contribution in [-0.4, -0.2) is 24.5 Å². The predicted molar refractivity (Wildman–Crippen MR) is 122 cm³/mol. The molecule has 31 heavy (non-hydrogen) atoms. The molecule has 0 aliphatic carbocycles. The van der Waals surface area contributed by atoms with E-state index in [2.05, 4.69) is 39.2 Å². The van der Waals surface area contributed by atoms with Crippen molar-refractivity contribution in [1.29, 1.82) is 0 Å². The van der Waals surface area contributed by atoms with Gasteiger partial charge in [0.15, 0.2) is 5.65 Å². The van der Waals surface area contributed by atoms with Crippen molar-refractivity contribution < 1.29 is 0 Å². The summed E-state index contributed by atoms with van der Waals surface area (Å²) >= 11 is 0. The molecule has 0 amide bonds. The van der Waals surface area contributed by atoms with E-state index in [4.69, 9.17) is 4.98 Å². The molecule has 6 nitrogen and oxygen atoms in total. The average molecular weight is 403 g/mol. The zero-order valence-corrected chi connectivity index (χ0v) is 16.4. The number of hydrogen-bond donors (Lipinski definition) is 2. The average Bonchev–Trinajstić information content (AvgIpc) is 3.39. The van der Waals surface area contributed by atoms with Gasteiger partial charge in [0.25, 0.3) is 0 Å². The molecular weight excluding hydrogens is 386 g/mol. The topological polar surface area (TPSA) is 79.4 Å². The van der Waals surface area contributed by atoms with Crippen LogP contribution in [0.1, 0.15) is 0 Å². The first-order valence-electron chi connectivity index (χ1n) is 9.98. The summed E-state index contributed by atoms with van der Waals surface area (Å²) in [6, 6.07) is 28.0. The Morgan fingerprint density at radius 3 is 2.39 bits per heavy atom. The third kappa shape index (κ3) is 2.93. The highest BCUT2D eigenvalue weighted by Crippen LogP contribution is 2.26. The number of aromatic nitrogens is 5. The molecule has 0 aliphatic rings. The van der Waals surface area contributed by atoms with Gasteiger partial charge in [-0.1, -0.05) is 36.4 Å². The first-order chi connectivity index (χ1) is 15.3. The molecule has 0 aliphatic heterocycles. The number of rotatable bonds is 3. The van der Waals surface area contributed by atoms with E-state index >= 15 is 0 Å². The fourth-order valence-corrected chi connectivity index (χ4v) is 3.92.